The fraction of sp³-hybridized carbons (Fsp3) is 0.368. The number of halogens is 3. The van der Waals surface area contributed by atoms with Crippen LogP contribution in [0.4, 0.5) is 13.2 Å². The maximum atomic E-state index is 13.1. The van der Waals surface area contributed by atoms with Gasteiger partial charge in [-0.15, -0.1) is 0 Å². The number of hydrogen-bond donors (Lipinski definition) is 1. The van der Waals surface area contributed by atoms with Gasteiger partial charge in [0.2, 0.25) is 10.0 Å². The van der Waals surface area contributed by atoms with Crippen LogP contribution in [0.25, 0.3) is 0 Å². The summed E-state index contributed by atoms with van der Waals surface area (Å²) in [4.78, 5) is 0.0782. The Morgan fingerprint density at radius 1 is 1.00 bits per heavy atom. The largest absolute Gasteiger partial charge is 0.416 e. The summed E-state index contributed by atoms with van der Waals surface area (Å²) >= 11 is 0. The van der Waals surface area contributed by atoms with Gasteiger partial charge in [0.1, 0.15) is 0 Å². The zero-order valence-corrected chi connectivity index (χ0v) is 15.9. The lowest BCUT2D eigenvalue weighted by molar-refractivity contribution is -0.138. The van der Waals surface area contributed by atoms with Crippen LogP contribution in [0.2, 0.25) is 0 Å². The van der Waals surface area contributed by atoms with Crippen LogP contribution in [0.3, 0.4) is 0 Å². The van der Waals surface area contributed by atoms with Gasteiger partial charge in [0.05, 0.1) is 10.5 Å². The zero-order chi connectivity index (χ0) is 19.8. The molecule has 0 unspecified atom stereocenters. The Bertz CT molecular complexity index is 898. The van der Waals surface area contributed by atoms with E-state index >= 15 is 0 Å². The van der Waals surface area contributed by atoms with Crippen molar-refractivity contribution in [3.63, 3.8) is 0 Å². The summed E-state index contributed by atoms with van der Waals surface area (Å²) < 4.78 is 66.8. The topological polar surface area (TPSA) is 46.2 Å². The fourth-order valence-electron chi connectivity index (χ4n) is 2.56. The lowest BCUT2D eigenvalue weighted by Crippen LogP contribution is -2.26. The van der Waals surface area contributed by atoms with Crippen molar-refractivity contribution in [2.75, 3.05) is 0 Å². The van der Waals surface area contributed by atoms with Gasteiger partial charge in [-0.1, -0.05) is 51.1 Å². The van der Waals surface area contributed by atoms with Crippen LogP contribution in [-0.4, -0.2) is 8.42 Å². The molecule has 0 amide bonds. The van der Waals surface area contributed by atoms with E-state index in [-0.39, 0.29) is 15.9 Å². The average molecular weight is 385 g/mol. The van der Waals surface area contributed by atoms with Crippen molar-refractivity contribution in [3.8, 4) is 0 Å². The molecule has 142 valence electrons. The molecule has 0 fully saturated rings. The van der Waals surface area contributed by atoms with E-state index in [2.05, 4.69) is 4.72 Å². The number of rotatable bonds is 4. The number of sulfonamides is 1. The molecule has 2 aromatic rings. The van der Waals surface area contributed by atoms with E-state index in [1.807, 2.05) is 26.8 Å². The van der Waals surface area contributed by atoms with E-state index in [0.717, 1.165) is 11.6 Å². The Hall–Kier alpha value is -1.86. The Morgan fingerprint density at radius 3 is 2.19 bits per heavy atom. The van der Waals surface area contributed by atoms with Crippen molar-refractivity contribution in [2.45, 2.75) is 50.7 Å². The van der Waals surface area contributed by atoms with Crippen LogP contribution >= 0.6 is 0 Å². The van der Waals surface area contributed by atoms with Crippen LogP contribution in [0.1, 0.15) is 43.0 Å². The quantitative estimate of drug-likeness (QED) is 0.823. The highest BCUT2D eigenvalue weighted by molar-refractivity contribution is 7.89. The van der Waals surface area contributed by atoms with E-state index in [9.17, 15) is 21.6 Å². The summed E-state index contributed by atoms with van der Waals surface area (Å²) in [6, 6.07) is 10.1. The average Bonchev–Trinajstić information content (AvgIpc) is 2.51. The maximum Gasteiger partial charge on any atom is 0.416 e. The Balaban J connectivity index is 2.34. The van der Waals surface area contributed by atoms with Gasteiger partial charge in [-0.2, -0.15) is 13.2 Å². The first-order chi connectivity index (χ1) is 11.8. The summed E-state index contributed by atoms with van der Waals surface area (Å²) in [6.45, 7) is 7.10. The van der Waals surface area contributed by atoms with Crippen LogP contribution in [0.5, 0.6) is 0 Å². The molecular formula is C19H22F3NO2S. The molecule has 0 saturated heterocycles. The molecule has 0 spiro atoms. The predicted molar refractivity (Wildman–Crippen MR) is 95.3 cm³/mol. The Morgan fingerprint density at radius 2 is 1.62 bits per heavy atom. The van der Waals surface area contributed by atoms with Crippen molar-refractivity contribution in [3.05, 3.63) is 64.7 Å². The summed E-state index contributed by atoms with van der Waals surface area (Å²) in [5, 5.41) is 0. The molecule has 0 atom stereocenters. The van der Waals surface area contributed by atoms with Crippen molar-refractivity contribution in [2.24, 2.45) is 0 Å². The minimum atomic E-state index is -4.54. The first-order valence-electron chi connectivity index (χ1n) is 8.08. The molecule has 0 saturated carbocycles. The third kappa shape index (κ3) is 4.65. The van der Waals surface area contributed by atoms with E-state index in [4.69, 9.17) is 0 Å². The minimum Gasteiger partial charge on any atom is -0.207 e. The molecule has 1 N–H and O–H groups in total. The van der Waals surface area contributed by atoms with Crippen LogP contribution in [0, 0.1) is 6.92 Å². The molecule has 2 rings (SSSR count). The van der Waals surface area contributed by atoms with Gasteiger partial charge >= 0.3 is 6.18 Å². The molecule has 0 bridgehead atoms. The molecule has 0 aromatic heterocycles. The van der Waals surface area contributed by atoms with Crippen molar-refractivity contribution in [1.29, 1.82) is 0 Å². The monoisotopic (exact) mass is 385 g/mol. The lowest BCUT2D eigenvalue weighted by Gasteiger charge is -2.21. The molecule has 2 aromatic carbocycles. The van der Waals surface area contributed by atoms with Gasteiger partial charge in [-0.3, -0.25) is 0 Å². The smallest absolute Gasteiger partial charge is 0.207 e. The van der Waals surface area contributed by atoms with E-state index in [1.54, 1.807) is 19.1 Å². The van der Waals surface area contributed by atoms with Crippen molar-refractivity contribution >= 4 is 10.0 Å². The number of alkyl halides is 3. The van der Waals surface area contributed by atoms with Gasteiger partial charge in [0, 0.05) is 6.54 Å². The molecule has 0 aliphatic rings. The summed E-state index contributed by atoms with van der Waals surface area (Å²) in [6.07, 6.45) is -4.54. The maximum absolute atomic E-state index is 13.1. The normalized spacial score (nSPS) is 13.0. The molecule has 0 aliphatic carbocycles. The second kappa shape index (κ2) is 7.04. The van der Waals surface area contributed by atoms with E-state index in [1.165, 1.54) is 18.2 Å². The van der Waals surface area contributed by atoms with Crippen molar-refractivity contribution in [1.82, 2.24) is 4.72 Å². The first-order valence-corrected chi connectivity index (χ1v) is 9.56. The highest BCUT2D eigenvalue weighted by Crippen LogP contribution is 2.32. The minimum absolute atomic E-state index is 0.0782. The zero-order valence-electron chi connectivity index (χ0n) is 15.1. The Labute approximate surface area is 152 Å². The third-order valence-electron chi connectivity index (χ3n) is 4.12. The molecule has 7 heteroatoms. The third-order valence-corrected chi connectivity index (χ3v) is 5.66. The molecule has 0 aliphatic heterocycles. The van der Waals surface area contributed by atoms with Gasteiger partial charge < -0.3 is 0 Å². The number of nitrogens with one attached hydrogen (secondary N) is 1. The summed E-state index contributed by atoms with van der Waals surface area (Å²) in [5.41, 5.74) is 0.158. The highest BCUT2D eigenvalue weighted by Gasteiger charge is 2.33. The van der Waals surface area contributed by atoms with Gasteiger partial charge in [-0.25, -0.2) is 13.1 Å². The van der Waals surface area contributed by atoms with Crippen molar-refractivity contribution < 1.29 is 21.6 Å². The molecular weight excluding hydrogens is 363 g/mol. The number of benzene rings is 2. The second-order valence-corrected chi connectivity index (χ2v) is 8.95. The second-order valence-electron chi connectivity index (χ2n) is 7.21. The van der Waals surface area contributed by atoms with E-state index in [0.29, 0.717) is 5.56 Å². The lowest BCUT2D eigenvalue weighted by atomic mass is 9.87. The van der Waals surface area contributed by atoms with Gasteiger partial charge in [0.25, 0.3) is 0 Å². The molecule has 0 heterocycles. The van der Waals surface area contributed by atoms with Crippen LogP contribution in [-0.2, 0) is 28.2 Å². The Kier molecular flexibility index (Phi) is 5.54. The summed E-state index contributed by atoms with van der Waals surface area (Å²) in [7, 11) is -3.95. The fourth-order valence-corrected chi connectivity index (χ4v) is 3.83. The van der Waals surface area contributed by atoms with E-state index < -0.39 is 28.3 Å². The van der Waals surface area contributed by atoms with Crippen LogP contribution < -0.4 is 4.72 Å². The highest BCUT2D eigenvalue weighted by atomic mass is 32.2. The van der Waals surface area contributed by atoms with Gasteiger partial charge in [0.15, 0.2) is 0 Å². The number of aryl methyl sites for hydroxylation is 1. The number of hydrogen-bond acceptors (Lipinski definition) is 2. The summed E-state index contributed by atoms with van der Waals surface area (Å²) in [5.74, 6) is 0. The van der Waals surface area contributed by atoms with Gasteiger partial charge in [-0.05, 0) is 41.2 Å². The van der Waals surface area contributed by atoms with Crippen LogP contribution in [0.15, 0.2) is 47.4 Å². The predicted octanol–water partition coefficient (Wildman–Crippen LogP) is 4.79. The first kappa shape index (κ1) is 20.5. The SMILES string of the molecule is Cc1ccc(C(C)(C)C)cc1S(=O)(=O)NCc1ccccc1C(F)(F)F. The standard InChI is InChI=1S/C19H22F3NO2S/c1-13-9-10-15(18(2,3)4)11-17(13)26(24,25)23-12-14-7-5-6-8-16(14)19(20,21)22/h5-11,23H,12H2,1-4H3. The molecule has 3 nitrogen and oxygen atoms in total. The molecule has 26 heavy (non-hydrogen) atoms. The molecule has 0 radical (unpaired) electrons.